The minimum absolute atomic E-state index is 0.176. The van der Waals surface area contributed by atoms with Gasteiger partial charge in [0, 0.05) is 0 Å². The zero-order valence-electron chi connectivity index (χ0n) is 7.76. The third-order valence-electron chi connectivity index (χ3n) is 3.56. The van der Waals surface area contributed by atoms with Crippen LogP contribution in [0.15, 0.2) is 0 Å². The molecule has 0 radical (unpaired) electrons. The average Bonchev–Trinajstić information content (AvgIpc) is 2.16. The van der Waals surface area contributed by atoms with Crippen LogP contribution in [-0.4, -0.2) is 11.7 Å². The van der Waals surface area contributed by atoms with Gasteiger partial charge in [0.2, 0.25) is 0 Å². The molecule has 1 saturated heterocycles. The van der Waals surface area contributed by atoms with E-state index in [9.17, 15) is 0 Å². The van der Waals surface area contributed by atoms with Crippen LogP contribution in [0, 0.1) is 11.8 Å². The topological polar surface area (TPSA) is 9.23 Å². The Morgan fingerprint density at radius 3 is 2.64 bits per heavy atom. The van der Waals surface area contributed by atoms with E-state index in [1.54, 1.807) is 0 Å². The van der Waals surface area contributed by atoms with Crippen molar-refractivity contribution in [3.8, 4) is 0 Å². The smallest absolute Gasteiger partial charge is 0.0659 e. The maximum Gasteiger partial charge on any atom is 0.0659 e. The van der Waals surface area contributed by atoms with Gasteiger partial charge in [0.1, 0.15) is 0 Å². The van der Waals surface area contributed by atoms with E-state index in [1.807, 2.05) is 0 Å². The van der Waals surface area contributed by atoms with Crippen LogP contribution in [0.25, 0.3) is 0 Å². The maximum absolute atomic E-state index is 5.98. The molecule has 3 atom stereocenters. The van der Waals surface area contributed by atoms with E-state index in [0.717, 1.165) is 11.8 Å². The van der Waals surface area contributed by atoms with Gasteiger partial charge in [0.05, 0.1) is 11.7 Å². The predicted molar refractivity (Wildman–Crippen MR) is 45.5 cm³/mol. The molecule has 2 bridgehead atoms. The number of hydrogen-bond donors (Lipinski definition) is 0. The zero-order valence-corrected chi connectivity index (χ0v) is 7.76. The highest BCUT2D eigenvalue weighted by atomic mass is 16.5. The van der Waals surface area contributed by atoms with Gasteiger partial charge in [-0.2, -0.15) is 0 Å². The Morgan fingerprint density at radius 2 is 2.00 bits per heavy atom. The molecule has 1 aliphatic carbocycles. The van der Waals surface area contributed by atoms with Crippen molar-refractivity contribution in [1.29, 1.82) is 0 Å². The highest BCUT2D eigenvalue weighted by molar-refractivity contribution is 4.95. The molecular weight excluding hydrogens is 136 g/mol. The van der Waals surface area contributed by atoms with E-state index in [4.69, 9.17) is 4.74 Å². The molecule has 11 heavy (non-hydrogen) atoms. The van der Waals surface area contributed by atoms with Crippen LogP contribution in [-0.2, 0) is 4.74 Å². The Hall–Kier alpha value is -0.0400. The van der Waals surface area contributed by atoms with Crippen LogP contribution in [0.3, 0.4) is 0 Å². The van der Waals surface area contributed by atoms with Crippen molar-refractivity contribution in [3.05, 3.63) is 0 Å². The van der Waals surface area contributed by atoms with E-state index in [-0.39, 0.29) is 5.60 Å². The van der Waals surface area contributed by atoms with Crippen LogP contribution in [0.4, 0.5) is 0 Å². The molecule has 64 valence electrons. The molecule has 1 saturated carbocycles. The van der Waals surface area contributed by atoms with Gasteiger partial charge in [0.15, 0.2) is 0 Å². The minimum atomic E-state index is 0.176. The van der Waals surface area contributed by atoms with E-state index in [2.05, 4.69) is 20.8 Å². The summed E-state index contributed by atoms with van der Waals surface area (Å²) in [4.78, 5) is 0. The van der Waals surface area contributed by atoms with Crippen molar-refractivity contribution in [3.63, 3.8) is 0 Å². The van der Waals surface area contributed by atoms with Crippen LogP contribution >= 0.6 is 0 Å². The van der Waals surface area contributed by atoms with E-state index < -0.39 is 0 Å². The Balaban J connectivity index is 2.16. The first-order valence-electron chi connectivity index (χ1n) is 4.77. The lowest BCUT2D eigenvalue weighted by atomic mass is 9.78. The summed E-state index contributed by atoms with van der Waals surface area (Å²) in [6, 6.07) is 0. The van der Waals surface area contributed by atoms with Crippen molar-refractivity contribution in [2.75, 3.05) is 0 Å². The van der Waals surface area contributed by atoms with E-state index >= 15 is 0 Å². The first-order valence-corrected chi connectivity index (χ1v) is 4.77. The van der Waals surface area contributed by atoms with Gasteiger partial charge in [-0.15, -0.1) is 0 Å². The molecule has 0 aromatic heterocycles. The standard InChI is InChI=1S/C10H18O/c1-7-4-5-8-6-9(7)11-10(8,2)3/h7-9H,4-6H2,1-3H3/t7?,8-,9-/m0/s1. The normalized spacial score (nSPS) is 47.7. The third kappa shape index (κ3) is 1.10. The van der Waals surface area contributed by atoms with Crippen LogP contribution in [0.1, 0.15) is 40.0 Å². The monoisotopic (exact) mass is 154 g/mol. The molecule has 1 heteroatoms. The van der Waals surface area contributed by atoms with Gasteiger partial charge in [0.25, 0.3) is 0 Å². The fraction of sp³-hybridized carbons (Fsp3) is 1.00. The lowest BCUT2D eigenvalue weighted by Crippen LogP contribution is -2.26. The number of fused-ring (bicyclic) bond motifs is 2. The van der Waals surface area contributed by atoms with Gasteiger partial charge in [-0.05, 0) is 44.9 Å². The number of ether oxygens (including phenoxy) is 1. The number of hydrogen-bond acceptors (Lipinski definition) is 1. The second-order valence-corrected chi connectivity index (χ2v) is 4.75. The molecule has 0 N–H and O–H groups in total. The summed E-state index contributed by atoms with van der Waals surface area (Å²) < 4.78 is 5.98. The van der Waals surface area contributed by atoms with Gasteiger partial charge in [-0.3, -0.25) is 0 Å². The van der Waals surface area contributed by atoms with E-state index in [1.165, 1.54) is 19.3 Å². The van der Waals surface area contributed by atoms with Crippen molar-refractivity contribution < 1.29 is 4.74 Å². The molecular formula is C10H18O. The molecule has 1 aliphatic heterocycles. The minimum Gasteiger partial charge on any atom is -0.372 e. The molecule has 0 aromatic rings. The Bertz CT molecular complexity index is 162. The second-order valence-electron chi connectivity index (χ2n) is 4.75. The summed E-state index contributed by atoms with van der Waals surface area (Å²) in [7, 11) is 0. The molecule has 1 nitrogen and oxygen atoms in total. The molecule has 1 unspecified atom stereocenters. The highest BCUT2D eigenvalue weighted by Gasteiger charge is 2.46. The lowest BCUT2D eigenvalue weighted by molar-refractivity contribution is -0.0373. The first kappa shape index (κ1) is 7.60. The molecule has 1 heterocycles. The molecule has 0 amide bonds. The number of rotatable bonds is 0. The first-order chi connectivity index (χ1) is 5.09. The maximum atomic E-state index is 5.98. The Morgan fingerprint density at radius 1 is 1.27 bits per heavy atom. The second kappa shape index (κ2) is 2.22. The van der Waals surface area contributed by atoms with Crippen molar-refractivity contribution in [1.82, 2.24) is 0 Å². The van der Waals surface area contributed by atoms with E-state index in [0.29, 0.717) is 6.10 Å². The lowest BCUT2D eigenvalue weighted by Gasteiger charge is -2.25. The third-order valence-corrected chi connectivity index (χ3v) is 3.56. The van der Waals surface area contributed by atoms with Crippen LogP contribution in [0.5, 0.6) is 0 Å². The fourth-order valence-corrected chi connectivity index (χ4v) is 2.56. The van der Waals surface area contributed by atoms with Gasteiger partial charge in [-0.1, -0.05) is 6.92 Å². The average molecular weight is 154 g/mol. The summed E-state index contributed by atoms with van der Waals surface area (Å²) in [6.45, 7) is 6.81. The van der Waals surface area contributed by atoms with Crippen molar-refractivity contribution in [2.45, 2.75) is 51.7 Å². The van der Waals surface area contributed by atoms with Gasteiger partial charge in [-0.25, -0.2) is 0 Å². The van der Waals surface area contributed by atoms with Crippen LogP contribution in [0.2, 0.25) is 0 Å². The van der Waals surface area contributed by atoms with Crippen molar-refractivity contribution in [2.24, 2.45) is 11.8 Å². The molecule has 2 rings (SSSR count). The Labute approximate surface area is 69.1 Å². The summed E-state index contributed by atoms with van der Waals surface area (Å²) in [5, 5.41) is 0. The fourth-order valence-electron chi connectivity index (χ4n) is 2.56. The summed E-state index contributed by atoms with van der Waals surface area (Å²) in [5.41, 5.74) is 0.176. The SMILES string of the molecule is CC1CC[C@H]2C[C@@H]1OC2(C)C. The summed E-state index contributed by atoms with van der Waals surface area (Å²) in [6.07, 6.45) is 4.64. The van der Waals surface area contributed by atoms with Gasteiger partial charge < -0.3 is 4.74 Å². The van der Waals surface area contributed by atoms with Crippen LogP contribution < -0.4 is 0 Å². The highest BCUT2D eigenvalue weighted by Crippen LogP contribution is 2.46. The van der Waals surface area contributed by atoms with Gasteiger partial charge >= 0.3 is 0 Å². The summed E-state index contributed by atoms with van der Waals surface area (Å²) in [5.74, 6) is 1.64. The largest absolute Gasteiger partial charge is 0.372 e. The predicted octanol–water partition coefficient (Wildman–Crippen LogP) is 2.60. The Kier molecular flexibility index (Phi) is 1.54. The zero-order chi connectivity index (χ0) is 8.06. The summed E-state index contributed by atoms with van der Waals surface area (Å²) >= 11 is 0. The molecule has 0 spiro atoms. The molecule has 2 aliphatic rings. The molecule has 0 aromatic carbocycles. The quantitative estimate of drug-likeness (QED) is 0.521. The van der Waals surface area contributed by atoms with Crippen molar-refractivity contribution >= 4 is 0 Å². The molecule has 2 fully saturated rings.